The van der Waals surface area contributed by atoms with E-state index in [1.807, 2.05) is 36.0 Å². The molecule has 1 amide bonds. The van der Waals surface area contributed by atoms with Crippen molar-refractivity contribution in [3.63, 3.8) is 0 Å². The fraction of sp³-hybridized carbons (Fsp3) is 0.333. The summed E-state index contributed by atoms with van der Waals surface area (Å²) in [6, 6.07) is 7.96. The summed E-state index contributed by atoms with van der Waals surface area (Å²) in [6.45, 7) is 0.548. The van der Waals surface area contributed by atoms with Crippen LogP contribution in [0.2, 0.25) is 0 Å². The predicted octanol–water partition coefficient (Wildman–Crippen LogP) is 3.22. The number of rotatable bonds is 7. The first-order valence-electron chi connectivity index (χ1n) is 6.76. The second kappa shape index (κ2) is 9.84. The molecule has 0 saturated carbocycles. The number of nitrogens with two attached hydrogens (primary N) is 1. The number of aryl methyl sites for hydroxylation is 1. The lowest BCUT2D eigenvalue weighted by atomic mass is 10.1. The summed E-state index contributed by atoms with van der Waals surface area (Å²) in [7, 11) is 0. The summed E-state index contributed by atoms with van der Waals surface area (Å²) in [4.78, 5) is 16.4. The van der Waals surface area contributed by atoms with Gasteiger partial charge < -0.3 is 11.1 Å². The molecule has 0 radical (unpaired) electrons. The van der Waals surface area contributed by atoms with Crippen molar-refractivity contribution in [2.45, 2.75) is 12.8 Å². The van der Waals surface area contributed by atoms with Gasteiger partial charge >= 0.3 is 0 Å². The molecular formula is C15H20ClN3OS2. The van der Waals surface area contributed by atoms with Crippen molar-refractivity contribution >= 4 is 47.1 Å². The molecule has 0 saturated heterocycles. The standard InChI is InChI=1S/C15H19N3OS2.ClH/c1-20-9-7-11-2-4-12(5-3-11)17-15(19)13-10-21-14(18-13)6-8-16;/h2-5,10H,6-9,16H2,1H3,(H,17,19);1H. The Labute approximate surface area is 145 Å². The first kappa shape index (κ1) is 19.0. The molecule has 0 spiro atoms. The number of thioether (sulfide) groups is 1. The molecule has 22 heavy (non-hydrogen) atoms. The van der Waals surface area contributed by atoms with Crippen LogP contribution in [-0.2, 0) is 12.8 Å². The van der Waals surface area contributed by atoms with Gasteiger partial charge in [-0.3, -0.25) is 4.79 Å². The summed E-state index contributed by atoms with van der Waals surface area (Å²) >= 11 is 3.30. The highest BCUT2D eigenvalue weighted by atomic mass is 35.5. The Bertz CT molecular complexity index is 587. The third kappa shape index (κ3) is 5.61. The molecule has 2 rings (SSSR count). The van der Waals surface area contributed by atoms with Gasteiger partial charge in [0, 0.05) is 17.5 Å². The number of nitrogens with zero attached hydrogens (tertiary/aromatic N) is 1. The molecule has 0 fully saturated rings. The smallest absolute Gasteiger partial charge is 0.275 e. The predicted molar refractivity (Wildman–Crippen MR) is 98.6 cm³/mol. The lowest BCUT2D eigenvalue weighted by molar-refractivity contribution is 0.102. The molecule has 0 bridgehead atoms. The van der Waals surface area contributed by atoms with E-state index in [-0.39, 0.29) is 18.3 Å². The van der Waals surface area contributed by atoms with Crippen molar-refractivity contribution in [2.75, 3.05) is 23.9 Å². The first-order chi connectivity index (χ1) is 10.2. The number of carbonyl (C=O) groups is 1. The van der Waals surface area contributed by atoms with Gasteiger partial charge in [-0.2, -0.15) is 11.8 Å². The molecule has 3 N–H and O–H groups in total. The molecule has 0 unspecified atom stereocenters. The largest absolute Gasteiger partial charge is 0.330 e. The average Bonchev–Trinajstić information content (AvgIpc) is 2.96. The molecule has 120 valence electrons. The lowest BCUT2D eigenvalue weighted by Crippen LogP contribution is -2.12. The number of carbonyl (C=O) groups excluding carboxylic acids is 1. The van der Waals surface area contributed by atoms with E-state index in [9.17, 15) is 4.79 Å². The topological polar surface area (TPSA) is 68.0 Å². The maximum Gasteiger partial charge on any atom is 0.275 e. The monoisotopic (exact) mass is 357 g/mol. The van der Waals surface area contributed by atoms with E-state index in [1.165, 1.54) is 16.9 Å². The molecule has 0 aliphatic rings. The van der Waals surface area contributed by atoms with Crippen LogP contribution < -0.4 is 11.1 Å². The van der Waals surface area contributed by atoms with E-state index >= 15 is 0 Å². The number of thiazole rings is 1. The van der Waals surface area contributed by atoms with E-state index in [2.05, 4.69) is 16.6 Å². The van der Waals surface area contributed by atoms with Crippen LogP contribution in [0.1, 0.15) is 21.1 Å². The highest BCUT2D eigenvalue weighted by Crippen LogP contribution is 2.15. The summed E-state index contributed by atoms with van der Waals surface area (Å²) in [5, 5.41) is 5.53. The van der Waals surface area contributed by atoms with E-state index in [4.69, 9.17) is 5.73 Å². The van der Waals surface area contributed by atoms with Crippen molar-refractivity contribution in [1.82, 2.24) is 4.98 Å². The van der Waals surface area contributed by atoms with Crippen LogP contribution >= 0.6 is 35.5 Å². The van der Waals surface area contributed by atoms with Crippen molar-refractivity contribution in [3.8, 4) is 0 Å². The number of amides is 1. The Balaban J connectivity index is 0.00000242. The van der Waals surface area contributed by atoms with Gasteiger partial charge in [-0.05, 0) is 42.7 Å². The SMILES string of the molecule is CSCCc1ccc(NC(=O)c2csc(CCN)n2)cc1.Cl. The number of anilines is 1. The number of aromatic nitrogens is 1. The number of nitrogens with one attached hydrogen (secondary N) is 1. The molecule has 0 atom stereocenters. The van der Waals surface area contributed by atoms with Crippen LogP contribution in [0.3, 0.4) is 0 Å². The molecule has 0 aliphatic carbocycles. The van der Waals surface area contributed by atoms with Gasteiger partial charge in [-0.1, -0.05) is 12.1 Å². The quantitative estimate of drug-likeness (QED) is 0.798. The summed E-state index contributed by atoms with van der Waals surface area (Å²) < 4.78 is 0. The molecule has 1 heterocycles. The number of hydrogen-bond acceptors (Lipinski definition) is 5. The number of hydrogen-bond donors (Lipinski definition) is 2. The maximum absolute atomic E-state index is 12.1. The molecule has 2 aromatic rings. The zero-order valence-electron chi connectivity index (χ0n) is 12.4. The minimum atomic E-state index is -0.175. The van der Waals surface area contributed by atoms with E-state index in [0.717, 1.165) is 22.9 Å². The van der Waals surface area contributed by atoms with Crippen molar-refractivity contribution in [2.24, 2.45) is 5.73 Å². The number of halogens is 1. The molecule has 1 aromatic carbocycles. The Morgan fingerprint density at radius 1 is 1.32 bits per heavy atom. The van der Waals surface area contributed by atoms with Gasteiger partial charge in [0.2, 0.25) is 0 Å². The van der Waals surface area contributed by atoms with Crippen LogP contribution in [-0.4, -0.2) is 29.4 Å². The summed E-state index contributed by atoms with van der Waals surface area (Å²) in [6.07, 6.45) is 3.85. The zero-order chi connectivity index (χ0) is 15.1. The second-order valence-corrected chi connectivity index (χ2v) is 6.49. The van der Waals surface area contributed by atoms with Gasteiger partial charge in [-0.25, -0.2) is 4.98 Å². The van der Waals surface area contributed by atoms with Crippen LogP contribution in [0.25, 0.3) is 0 Å². The normalized spacial score (nSPS) is 10.1. The molecule has 0 aliphatic heterocycles. The van der Waals surface area contributed by atoms with Crippen LogP contribution in [0.5, 0.6) is 0 Å². The number of benzene rings is 1. The van der Waals surface area contributed by atoms with Crippen molar-refractivity contribution in [3.05, 3.63) is 45.9 Å². The Hall–Kier alpha value is -1.08. The summed E-state index contributed by atoms with van der Waals surface area (Å²) in [5.41, 5.74) is 8.01. The molecular weight excluding hydrogens is 338 g/mol. The third-order valence-corrected chi connectivity index (χ3v) is 4.47. The van der Waals surface area contributed by atoms with Gasteiger partial charge in [0.1, 0.15) is 5.69 Å². The first-order valence-corrected chi connectivity index (χ1v) is 9.04. The summed E-state index contributed by atoms with van der Waals surface area (Å²) in [5.74, 6) is 0.931. The van der Waals surface area contributed by atoms with Crippen LogP contribution in [0.4, 0.5) is 5.69 Å². The molecule has 4 nitrogen and oxygen atoms in total. The van der Waals surface area contributed by atoms with Gasteiger partial charge in [0.25, 0.3) is 5.91 Å². The fourth-order valence-electron chi connectivity index (χ4n) is 1.82. The van der Waals surface area contributed by atoms with Gasteiger partial charge in [-0.15, -0.1) is 23.7 Å². The van der Waals surface area contributed by atoms with Crippen LogP contribution in [0.15, 0.2) is 29.6 Å². The minimum Gasteiger partial charge on any atom is -0.330 e. The Morgan fingerprint density at radius 2 is 2.05 bits per heavy atom. The van der Waals surface area contributed by atoms with E-state index in [0.29, 0.717) is 18.7 Å². The zero-order valence-corrected chi connectivity index (χ0v) is 14.8. The second-order valence-electron chi connectivity index (χ2n) is 4.56. The highest BCUT2D eigenvalue weighted by Gasteiger charge is 2.10. The Kier molecular flexibility index (Phi) is 8.48. The Morgan fingerprint density at radius 3 is 2.68 bits per heavy atom. The average molecular weight is 358 g/mol. The van der Waals surface area contributed by atoms with Crippen LogP contribution in [0, 0.1) is 0 Å². The maximum atomic E-state index is 12.1. The van der Waals surface area contributed by atoms with Gasteiger partial charge in [0.15, 0.2) is 0 Å². The van der Waals surface area contributed by atoms with E-state index in [1.54, 1.807) is 5.38 Å². The molecule has 1 aromatic heterocycles. The van der Waals surface area contributed by atoms with E-state index < -0.39 is 0 Å². The van der Waals surface area contributed by atoms with Gasteiger partial charge in [0.05, 0.1) is 5.01 Å². The lowest BCUT2D eigenvalue weighted by Gasteiger charge is -2.05. The fourth-order valence-corrected chi connectivity index (χ4v) is 3.06. The highest BCUT2D eigenvalue weighted by molar-refractivity contribution is 7.98. The van der Waals surface area contributed by atoms with Crippen molar-refractivity contribution < 1.29 is 4.79 Å². The van der Waals surface area contributed by atoms with Crippen molar-refractivity contribution in [1.29, 1.82) is 0 Å². The minimum absolute atomic E-state index is 0. The third-order valence-electron chi connectivity index (χ3n) is 2.95. The molecule has 7 heteroatoms.